The van der Waals surface area contributed by atoms with E-state index in [9.17, 15) is 9.36 Å². The molecule has 0 saturated carbocycles. The van der Waals surface area contributed by atoms with Crippen LogP contribution in [0.2, 0.25) is 0 Å². The van der Waals surface area contributed by atoms with Gasteiger partial charge in [-0.3, -0.25) is 9.36 Å². The number of hydrogen-bond acceptors (Lipinski definition) is 5. The minimum absolute atomic E-state index is 0.0201. The van der Waals surface area contributed by atoms with Crippen molar-refractivity contribution in [3.05, 3.63) is 48.5 Å². The summed E-state index contributed by atoms with van der Waals surface area (Å²) in [5, 5.41) is 9.30. The predicted molar refractivity (Wildman–Crippen MR) is 87.3 cm³/mol. The number of benzene rings is 2. The zero-order valence-electron chi connectivity index (χ0n) is 12.5. The summed E-state index contributed by atoms with van der Waals surface area (Å²) < 4.78 is 23.9. The minimum Gasteiger partial charge on any atom is -0.463 e. The first-order chi connectivity index (χ1) is 11.1. The number of carbonyl (C=O) groups is 1. The number of hydrogen-bond donors (Lipinski definition) is 1. The van der Waals surface area contributed by atoms with Gasteiger partial charge in [-0.05, 0) is 17.7 Å². The van der Waals surface area contributed by atoms with E-state index in [-0.39, 0.29) is 25.8 Å². The molecular weight excluding hydrogens is 315 g/mol. The Morgan fingerprint density at radius 1 is 1.09 bits per heavy atom. The van der Waals surface area contributed by atoms with E-state index in [1.807, 2.05) is 36.4 Å². The molecule has 120 valence electrons. The Labute approximate surface area is 134 Å². The van der Waals surface area contributed by atoms with Gasteiger partial charge in [-0.25, -0.2) is 0 Å². The second-order valence-electron chi connectivity index (χ2n) is 5.20. The van der Waals surface area contributed by atoms with Gasteiger partial charge in [0, 0.05) is 11.7 Å². The van der Waals surface area contributed by atoms with Crippen LogP contribution in [0.3, 0.4) is 0 Å². The zero-order valence-corrected chi connectivity index (χ0v) is 13.4. The predicted octanol–water partition coefficient (Wildman–Crippen LogP) is 2.58. The fraction of sp³-hybridized carbons (Fsp3) is 0.235. The number of esters is 1. The summed E-state index contributed by atoms with van der Waals surface area (Å²) in [4.78, 5) is 11.6. The first-order valence-electron chi connectivity index (χ1n) is 7.38. The lowest BCUT2D eigenvalue weighted by Gasteiger charge is -2.28. The number of aliphatic hydroxyl groups excluding tert-OH is 1. The quantitative estimate of drug-likeness (QED) is 0.673. The van der Waals surface area contributed by atoms with Crippen molar-refractivity contribution in [3.63, 3.8) is 0 Å². The van der Waals surface area contributed by atoms with Gasteiger partial charge in [0.2, 0.25) is 0 Å². The van der Waals surface area contributed by atoms with Crippen molar-refractivity contribution in [1.29, 1.82) is 0 Å². The summed E-state index contributed by atoms with van der Waals surface area (Å²) in [6.45, 7) is -0.278. The van der Waals surface area contributed by atoms with Crippen molar-refractivity contribution < 1.29 is 23.7 Å². The first kappa shape index (κ1) is 15.8. The van der Waals surface area contributed by atoms with Crippen LogP contribution in [-0.4, -0.2) is 30.5 Å². The molecule has 23 heavy (non-hydrogen) atoms. The molecule has 2 aromatic carbocycles. The van der Waals surface area contributed by atoms with Crippen molar-refractivity contribution in [3.8, 4) is 16.9 Å². The summed E-state index contributed by atoms with van der Waals surface area (Å²) in [7, 11) is -3.19. The molecule has 1 aliphatic rings. The molecule has 3 rings (SSSR count). The molecule has 6 heteroatoms. The van der Waals surface area contributed by atoms with Crippen LogP contribution in [0.25, 0.3) is 11.1 Å². The summed E-state index contributed by atoms with van der Waals surface area (Å²) in [5.41, 5.74) is 1.78. The Balaban J connectivity index is 1.89. The Kier molecular flexibility index (Phi) is 4.51. The Hall–Kier alpha value is -2.10. The van der Waals surface area contributed by atoms with Gasteiger partial charge < -0.3 is 14.4 Å². The average Bonchev–Trinajstić information content (AvgIpc) is 2.58. The highest BCUT2D eigenvalue weighted by Crippen LogP contribution is 2.54. The van der Waals surface area contributed by atoms with E-state index in [0.717, 1.165) is 11.1 Å². The molecule has 1 atom stereocenters. The number of rotatable bonds is 5. The number of ether oxygens (including phenoxy) is 1. The molecule has 1 N–H and O–H groups in total. The Bertz CT molecular complexity index is 771. The van der Waals surface area contributed by atoms with Crippen LogP contribution in [0.15, 0.2) is 48.5 Å². The van der Waals surface area contributed by atoms with Crippen LogP contribution in [0.5, 0.6) is 5.75 Å². The summed E-state index contributed by atoms with van der Waals surface area (Å²) in [6.07, 6.45) is 0.0520. The van der Waals surface area contributed by atoms with Gasteiger partial charge in [0.15, 0.2) is 0 Å². The normalized spacial score (nSPS) is 18.5. The third kappa shape index (κ3) is 3.16. The third-order valence-corrected chi connectivity index (χ3v) is 6.09. The van der Waals surface area contributed by atoms with Crippen LogP contribution in [-0.2, 0) is 14.1 Å². The van der Waals surface area contributed by atoms with Crippen LogP contribution in [0.4, 0.5) is 0 Å². The lowest BCUT2D eigenvalue weighted by Crippen LogP contribution is -2.21. The van der Waals surface area contributed by atoms with Crippen LogP contribution < -0.4 is 9.83 Å². The number of carbonyl (C=O) groups excluding carboxylic acids is 1. The molecule has 0 bridgehead atoms. The fourth-order valence-corrected chi connectivity index (χ4v) is 4.87. The number of para-hydroxylation sites is 1. The molecule has 2 aromatic rings. The number of aliphatic hydroxyl groups is 1. The molecule has 0 aromatic heterocycles. The molecule has 0 saturated heterocycles. The van der Waals surface area contributed by atoms with E-state index in [4.69, 9.17) is 14.4 Å². The van der Waals surface area contributed by atoms with Gasteiger partial charge in [-0.2, -0.15) is 0 Å². The van der Waals surface area contributed by atoms with Gasteiger partial charge in [0.05, 0.1) is 18.3 Å². The van der Waals surface area contributed by atoms with Crippen molar-refractivity contribution >= 4 is 18.6 Å². The largest absolute Gasteiger partial charge is 0.463 e. The van der Waals surface area contributed by atoms with E-state index in [0.29, 0.717) is 11.1 Å². The molecule has 0 radical (unpaired) electrons. The maximum absolute atomic E-state index is 13.3. The highest BCUT2D eigenvalue weighted by Gasteiger charge is 2.36. The molecule has 0 amide bonds. The molecular formula is C17H17O5P. The fourth-order valence-electron chi connectivity index (χ4n) is 2.61. The van der Waals surface area contributed by atoms with Gasteiger partial charge >= 0.3 is 5.97 Å². The first-order valence-corrected chi connectivity index (χ1v) is 9.19. The van der Waals surface area contributed by atoms with Gasteiger partial charge in [-0.15, -0.1) is 0 Å². The minimum atomic E-state index is -3.19. The van der Waals surface area contributed by atoms with Gasteiger partial charge in [0.25, 0.3) is 7.37 Å². The van der Waals surface area contributed by atoms with Crippen molar-refractivity contribution in [2.45, 2.75) is 6.42 Å². The highest BCUT2D eigenvalue weighted by atomic mass is 31.2. The van der Waals surface area contributed by atoms with Crippen LogP contribution in [0.1, 0.15) is 6.42 Å². The smallest absolute Gasteiger partial charge is 0.306 e. The lowest BCUT2D eigenvalue weighted by atomic mass is 10.0. The van der Waals surface area contributed by atoms with Gasteiger partial charge in [-0.1, -0.05) is 36.4 Å². The summed E-state index contributed by atoms with van der Waals surface area (Å²) >= 11 is 0. The maximum atomic E-state index is 13.3. The van der Waals surface area contributed by atoms with E-state index in [1.54, 1.807) is 12.1 Å². The van der Waals surface area contributed by atoms with E-state index in [2.05, 4.69) is 0 Å². The van der Waals surface area contributed by atoms with Crippen molar-refractivity contribution in [2.24, 2.45) is 0 Å². The highest BCUT2D eigenvalue weighted by molar-refractivity contribution is 7.67. The number of fused-ring (bicyclic) bond motifs is 3. The van der Waals surface area contributed by atoms with Crippen molar-refractivity contribution in [1.82, 2.24) is 0 Å². The topological polar surface area (TPSA) is 72.8 Å². The van der Waals surface area contributed by atoms with Gasteiger partial charge in [0.1, 0.15) is 12.4 Å². The molecule has 1 heterocycles. The van der Waals surface area contributed by atoms with E-state index < -0.39 is 13.3 Å². The van der Waals surface area contributed by atoms with Crippen LogP contribution in [0, 0.1) is 0 Å². The SMILES string of the molecule is O=C(CCP1(=O)Oc2ccccc2-c2ccccc21)OCCO. The summed E-state index contributed by atoms with van der Waals surface area (Å²) in [6, 6.07) is 14.8. The Morgan fingerprint density at radius 3 is 2.57 bits per heavy atom. The molecule has 0 spiro atoms. The standard InChI is InChI=1S/C17H17O5P/c18-10-11-21-17(19)9-12-23(20)16-8-4-2-6-14(16)13-5-1-3-7-15(13)22-23/h1-8,18H,9-12H2. The van der Waals surface area contributed by atoms with Crippen LogP contribution >= 0.6 is 7.37 Å². The average molecular weight is 332 g/mol. The van der Waals surface area contributed by atoms with E-state index in [1.165, 1.54) is 0 Å². The zero-order chi connectivity index (χ0) is 16.3. The molecule has 5 nitrogen and oxygen atoms in total. The second kappa shape index (κ2) is 6.57. The Morgan fingerprint density at radius 2 is 1.78 bits per heavy atom. The molecule has 0 fully saturated rings. The van der Waals surface area contributed by atoms with Crippen molar-refractivity contribution in [2.75, 3.05) is 19.4 Å². The molecule has 1 aliphatic heterocycles. The third-order valence-electron chi connectivity index (χ3n) is 3.66. The molecule has 0 aliphatic carbocycles. The second-order valence-corrected chi connectivity index (χ2v) is 7.65. The molecule has 1 unspecified atom stereocenters. The maximum Gasteiger partial charge on any atom is 0.306 e. The summed E-state index contributed by atoms with van der Waals surface area (Å²) in [5.74, 6) is 0.0764. The monoisotopic (exact) mass is 332 g/mol. The lowest BCUT2D eigenvalue weighted by molar-refractivity contribution is -0.144. The van der Waals surface area contributed by atoms with E-state index >= 15 is 0 Å².